The lowest BCUT2D eigenvalue weighted by Crippen LogP contribution is -2.24. The number of amides is 1. The second-order valence-electron chi connectivity index (χ2n) is 3.38. The standard InChI is InChI=1S/C12H13FN2O/c1-3-4-5-15-12(16)9-6-10(13)8(2)11(14)7-9/h1,6-7H,4-5,14H2,2H3,(H,15,16). The molecule has 0 atom stereocenters. The summed E-state index contributed by atoms with van der Waals surface area (Å²) >= 11 is 0. The average molecular weight is 220 g/mol. The van der Waals surface area contributed by atoms with Crippen LogP contribution in [0.2, 0.25) is 0 Å². The lowest BCUT2D eigenvalue weighted by molar-refractivity contribution is 0.0954. The van der Waals surface area contributed by atoms with Gasteiger partial charge in [-0.25, -0.2) is 4.39 Å². The molecule has 84 valence electrons. The number of hydrogen-bond acceptors (Lipinski definition) is 2. The third-order valence-corrected chi connectivity index (χ3v) is 2.20. The molecule has 3 N–H and O–H groups in total. The Bertz CT molecular complexity index is 426. The molecule has 16 heavy (non-hydrogen) atoms. The minimum absolute atomic E-state index is 0.206. The van der Waals surface area contributed by atoms with Gasteiger partial charge >= 0.3 is 0 Å². The number of carbonyl (C=O) groups excluding carboxylic acids is 1. The largest absolute Gasteiger partial charge is 0.398 e. The van der Waals surface area contributed by atoms with E-state index < -0.39 is 5.82 Å². The minimum Gasteiger partial charge on any atom is -0.398 e. The summed E-state index contributed by atoms with van der Waals surface area (Å²) in [5.74, 6) is 1.53. The summed E-state index contributed by atoms with van der Waals surface area (Å²) in [7, 11) is 0. The molecule has 0 saturated heterocycles. The number of nitrogens with two attached hydrogens (primary N) is 1. The van der Waals surface area contributed by atoms with Gasteiger partial charge < -0.3 is 11.1 Å². The number of hydrogen-bond donors (Lipinski definition) is 2. The quantitative estimate of drug-likeness (QED) is 0.460. The molecule has 0 spiro atoms. The number of halogens is 1. The van der Waals surface area contributed by atoms with E-state index >= 15 is 0 Å². The van der Waals surface area contributed by atoms with E-state index in [0.717, 1.165) is 6.07 Å². The SMILES string of the molecule is C#CCCNC(=O)c1cc(N)c(C)c(F)c1. The summed E-state index contributed by atoms with van der Waals surface area (Å²) in [6.45, 7) is 1.93. The molecular weight excluding hydrogens is 207 g/mol. The Hall–Kier alpha value is -2.02. The highest BCUT2D eigenvalue weighted by Gasteiger charge is 2.10. The summed E-state index contributed by atoms with van der Waals surface area (Å²) in [5, 5.41) is 2.57. The molecule has 0 aliphatic heterocycles. The molecule has 0 aromatic heterocycles. The highest BCUT2D eigenvalue weighted by atomic mass is 19.1. The Labute approximate surface area is 93.8 Å². The van der Waals surface area contributed by atoms with Crippen LogP contribution in [0.1, 0.15) is 22.3 Å². The van der Waals surface area contributed by atoms with Crippen molar-refractivity contribution in [2.75, 3.05) is 12.3 Å². The number of rotatable bonds is 3. The Morgan fingerprint density at radius 1 is 1.62 bits per heavy atom. The topological polar surface area (TPSA) is 55.1 Å². The number of terminal acetylenes is 1. The van der Waals surface area contributed by atoms with E-state index in [4.69, 9.17) is 12.2 Å². The molecule has 0 bridgehead atoms. The lowest BCUT2D eigenvalue weighted by atomic mass is 10.1. The van der Waals surface area contributed by atoms with Crippen LogP contribution in [0.3, 0.4) is 0 Å². The summed E-state index contributed by atoms with van der Waals surface area (Å²) in [6, 6.07) is 2.61. The van der Waals surface area contributed by atoms with Gasteiger partial charge in [0.15, 0.2) is 0 Å². The van der Waals surface area contributed by atoms with Crippen LogP contribution in [0.5, 0.6) is 0 Å². The summed E-state index contributed by atoms with van der Waals surface area (Å²) in [4.78, 5) is 11.5. The average Bonchev–Trinajstić information content (AvgIpc) is 2.25. The van der Waals surface area contributed by atoms with Crippen molar-refractivity contribution in [2.45, 2.75) is 13.3 Å². The van der Waals surface area contributed by atoms with Gasteiger partial charge in [-0.1, -0.05) is 0 Å². The predicted molar refractivity (Wildman–Crippen MR) is 61.3 cm³/mol. The first kappa shape index (κ1) is 12.1. The van der Waals surface area contributed by atoms with Crippen molar-refractivity contribution in [3.05, 3.63) is 29.1 Å². The van der Waals surface area contributed by atoms with Gasteiger partial charge in [-0.05, 0) is 19.1 Å². The van der Waals surface area contributed by atoms with Gasteiger partial charge in [0.2, 0.25) is 0 Å². The minimum atomic E-state index is -0.484. The van der Waals surface area contributed by atoms with Gasteiger partial charge in [-0.3, -0.25) is 4.79 Å². The van der Waals surface area contributed by atoms with Gasteiger partial charge in [-0.2, -0.15) is 0 Å². The molecule has 1 aromatic carbocycles. The van der Waals surface area contributed by atoms with Crippen molar-refractivity contribution in [1.82, 2.24) is 5.32 Å². The first-order chi connectivity index (χ1) is 7.56. The van der Waals surface area contributed by atoms with Crippen LogP contribution >= 0.6 is 0 Å². The maximum atomic E-state index is 13.3. The second kappa shape index (κ2) is 5.17. The van der Waals surface area contributed by atoms with Crippen molar-refractivity contribution in [3.8, 4) is 12.3 Å². The van der Waals surface area contributed by atoms with E-state index in [-0.39, 0.29) is 17.2 Å². The Balaban J connectivity index is 2.81. The van der Waals surface area contributed by atoms with Crippen LogP contribution in [0.15, 0.2) is 12.1 Å². The molecule has 4 heteroatoms. The van der Waals surface area contributed by atoms with E-state index in [1.807, 2.05) is 0 Å². The van der Waals surface area contributed by atoms with E-state index in [1.165, 1.54) is 6.07 Å². The van der Waals surface area contributed by atoms with Crippen molar-refractivity contribution >= 4 is 11.6 Å². The monoisotopic (exact) mass is 220 g/mol. The van der Waals surface area contributed by atoms with Gasteiger partial charge in [0.05, 0.1) is 0 Å². The molecule has 0 unspecified atom stereocenters. The molecule has 0 fully saturated rings. The van der Waals surface area contributed by atoms with Crippen molar-refractivity contribution in [2.24, 2.45) is 0 Å². The first-order valence-electron chi connectivity index (χ1n) is 4.83. The third-order valence-electron chi connectivity index (χ3n) is 2.20. The number of anilines is 1. The van der Waals surface area contributed by atoms with Crippen LogP contribution in [0.4, 0.5) is 10.1 Å². The smallest absolute Gasteiger partial charge is 0.251 e. The van der Waals surface area contributed by atoms with Gasteiger partial charge in [0.1, 0.15) is 5.82 Å². The molecular formula is C12H13FN2O. The fourth-order valence-corrected chi connectivity index (χ4v) is 1.18. The number of carbonyl (C=O) groups is 1. The molecule has 0 aliphatic carbocycles. The second-order valence-corrected chi connectivity index (χ2v) is 3.38. The van der Waals surface area contributed by atoms with Gasteiger partial charge in [0.25, 0.3) is 5.91 Å². The molecule has 0 radical (unpaired) electrons. The van der Waals surface area contributed by atoms with Gasteiger partial charge in [0, 0.05) is 29.8 Å². The Morgan fingerprint density at radius 2 is 2.31 bits per heavy atom. The van der Waals surface area contributed by atoms with Crippen LogP contribution in [-0.2, 0) is 0 Å². The number of nitrogen functional groups attached to an aromatic ring is 1. The molecule has 0 heterocycles. The highest BCUT2D eigenvalue weighted by Crippen LogP contribution is 2.17. The fraction of sp³-hybridized carbons (Fsp3) is 0.250. The van der Waals surface area contributed by atoms with Crippen LogP contribution in [-0.4, -0.2) is 12.5 Å². The van der Waals surface area contributed by atoms with Crippen LogP contribution < -0.4 is 11.1 Å². The van der Waals surface area contributed by atoms with E-state index in [0.29, 0.717) is 18.5 Å². The fourth-order valence-electron chi connectivity index (χ4n) is 1.18. The highest BCUT2D eigenvalue weighted by molar-refractivity contribution is 5.95. The Kier molecular flexibility index (Phi) is 3.90. The van der Waals surface area contributed by atoms with E-state index in [2.05, 4.69) is 11.2 Å². The molecule has 3 nitrogen and oxygen atoms in total. The molecule has 1 aromatic rings. The van der Waals surface area contributed by atoms with Crippen molar-refractivity contribution in [3.63, 3.8) is 0 Å². The summed E-state index contributed by atoms with van der Waals surface area (Å²) in [5.41, 5.74) is 6.38. The summed E-state index contributed by atoms with van der Waals surface area (Å²) in [6.07, 6.45) is 5.48. The molecule has 0 aliphatic rings. The Morgan fingerprint density at radius 3 is 2.88 bits per heavy atom. The predicted octanol–water partition coefficient (Wildman–Crippen LogP) is 1.47. The normalized spacial score (nSPS) is 9.56. The number of nitrogens with one attached hydrogen (secondary N) is 1. The molecule has 0 saturated carbocycles. The zero-order valence-corrected chi connectivity index (χ0v) is 9.01. The first-order valence-corrected chi connectivity index (χ1v) is 4.83. The van der Waals surface area contributed by atoms with E-state index in [9.17, 15) is 9.18 Å². The van der Waals surface area contributed by atoms with E-state index in [1.54, 1.807) is 6.92 Å². The maximum absolute atomic E-state index is 13.3. The zero-order valence-electron chi connectivity index (χ0n) is 9.01. The van der Waals surface area contributed by atoms with Crippen molar-refractivity contribution < 1.29 is 9.18 Å². The molecule has 1 amide bonds. The van der Waals surface area contributed by atoms with Crippen LogP contribution in [0.25, 0.3) is 0 Å². The van der Waals surface area contributed by atoms with Crippen LogP contribution in [0, 0.1) is 25.1 Å². The third kappa shape index (κ3) is 2.74. The zero-order chi connectivity index (χ0) is 12.1. The maximum Gasteiger partial charge on any atom is 0.251 e. The van der Waals surface area contributed by atoms with Gasteiger partial charge in [-0.15, -0.1) is 12.3 Å². The molecule has 1 rings (SSSR count). The summed E-state index contributed by atoms with van der Waals surface area (Å²) < 4.78 is 13.3. The lowest BCUT2D eigenvalue weighted by Gasteiger charge is -2.07. The number of benzene rings is 1. The van der Waals surface area contributed by atoms with Crippen molar-refractivity contribution in [1.29, 1.82) is 0 Å².